The number of piperidine rings is 1. The normalized spacial score (nSPS) is 21.5. The van der Waals surface area contributed by atoms with Crippen LogP contribution >= 0.6 is 0 Å². The van der Waals surface area contributed by atoms with Gasteiger partial charge in [0.05, 0.1) is 0 Å². The summed E-state index contributed by atoms with van der Waals surface area (Å²) in [6.45, 7) is 4.88. The second-order valence-corrected chi connectivity index (χ2v) is 5.79. The van der Waals surface area contributed by atoms with E-state index in [1.54, 1.807) is 6.92 Å². The largest absolute Gasteiger partial charge is 0.360 e. The van der Waals surface area contributed by atoms with Gasteiger partial charge in [0.2, 0.25) is 0 Å². The minimum atomic E-state index is -0.113. The summed E-state index contributed by atoms with van der Waals surface area (Å²) >= 11 is 0. The highest BCUT2D eigenvalue weighted by Gasteiger charge is 2.27. The maximum Gasteiger partial charge on any atom is 0.257 e. The number of carbonyl (C=O) groups is 1. The first-order chi connectivity index (χ1) is 10.7. The molecule has 1 fully saturated rings. The molecular weight excluding hydrogens is 278 g/mol. The number of rotatable bonds is 3. The number of carbonyl (C=O) groups excluding carboxylic acids is 1. The minimum Gasteiger partial charge on any atom is -0.360 e. The molecule has 1 amide bonds. The molecule has 0 spiro atoms. The van der Waals surface area contributed by atoms with Crippen LogP contribution in [0, 0.1) is 6.92 Å². The van der Waals surface area contributed by atoms with E-state index >= 15 is 0 Å². The summed E-state index contributed by atoms with van der Waals surface area (Å²) in [6, 6.07) is 10.1. The zero-order valence-corrected chi connectivity index (χ0v) is 12.9. The Labute approximate surface area is 130 Å². The monoisotopic (exact) mass is 299 g/mol. The van der Waals surface area contributed by atoms with Crippen LogP contribution in [0.3, 0.4) is 0 Å². The average Bonchev–Trinajstić information content (AvgIpc) is 2.92. The van der Waals surface area contributed by atoms with Crippen molar-refractivity contribution in [1.29, 1.82) is 0 Å². The van der Waals surface area contributed by atoms with Crippen molar-refractivity contribution >= 4 is 5.91 Å². The lowest BCUT2D eigenvalue weighted by molar-refractivity contribution is 0.0919. The third-order valence-corrected chi connectivity index (χ3v) is 4.22. The van der Waals surface area contributed by atoms with Gasteiger partial charge in [-0.3, -0.25) is 4.79 Å². The van der Waals surface area contributed by atoms with Crippen LogP contribution in [0.4, 0.5) is 0 Å². The SMILES string of the molecule is Cc1onc(-c2ccccc2)c1C(=O)NC1CCCNC1C. The van der Waals surface area contributed by atoms with E-state index in [0.717, 1.165) is 24.9 Å². The van der Waals surface area contributed by atoms with Crippen LogP contribution in [0.2, 0.25) is 0 Å². The number of amides is 1. The van der Waals surface area contributed by atoms with E-state index in [4.69, 9.17) is 4.52 Å². The second kappa shape index (κ2) is 6.32. The maximum absolute atomic E-state index is 12.7. The molecule has 0 aliphatic carbocycles. The first kappa shape index (κ1) is 14.8. The Balaban J connectivity index is 1.85. The molecule has 2 N–H and O–H groups in total. The highest BCUT2D eigenvalue weighted by molar-refractivity contribution is 6.00. The van der Waals surface area contributed by atoms with Gasteiger partial charge < -0.3 is 15.2 Å². The van der Waals surface area contributed by atoms with Crippen molar-refractivity contribution in [3.8, 4) is 11.3 Å². The first-order valence-corrected chi connectivity index (χ1v) is 7.72. The van der Waals surface area contributed by atoms with E-state index in [1.165, 1.54) is 0 Å². The van der Waals surface area contributed by atoms with Crippen molar-refractivity contribution in [3.05, 3.63) is 41.7 Å². The molecule has 2 heterocycles. The number of nitrogens with zero attached hydrogens (tertiary/aromatic N) is 1. The molecule has 5 nitrogen and oxygen atoms in total. The van der Waals surface area contributed by atoms with E-state index in [-0.39, 0.29) is 18.0 Å². The predicted molar refractivity (Wildman–Crippen MR) is 84.6 cm³/mol. The van der Waals surface area contributed by atoms with Gasteiger partial charge in [-0.25, -0.2) is 0 Å². The fourth-order valence-corrected chi connectivity index (χ4v) is 2.91. The number of nitrogens with one attached hydrogen (secondary N) is 2. The number of aromatic nitrogens is 1. The van der Waals surface area contributed by atoms with Crippen LogP contribution in [0.1, 0.15) is 35.9 Å². The first-order valence-electron chi connectivity index (χ1n) is 7.72. The van der Waals surface area contributed by atoms with Gasteiger partial charge in [0, 0.05) is 17.6 Å². The third kappa shape index (κ3) is 2.90. The van der Waals surface area contributed by atoms with Crippen LogP contribution in [0.15, 0.2) is 34.9 Å². The lowest BCUT2D eigenvalue weighted by atomic mass is 9.98. The number of hydrogen-bond donors (Lipinski definition) is 2. The third-order valence-electron chi connectivity index (χ3n) is 4.22. The van der Waals surface area contributed by atoms with E-state index in [2.05, 4.69) is 22.7 Å². The Morgan fingerprint density at radius 3 is 2.86 bits per heavy atom. The average molecular weight is 299 g/mol. The molecule has 22 heavy (non-hydrogen) atoms. The van der Waals surface area contributed by atoms with Crippen LogP contribution in [0.25, 0.3) is 11.3 Å². The molecule has 2 aromatic rings. The fourth-order valence-electron chi connectivity index (χ4n) is 2.91. The van der Waals surface area contributed by atoms with Crippen molar-refractivity contribution < 1.29 is 9.32 Å². The summed E-state index contributed by atoms with van der Waals surface area (Å²) in [5, 5.41) is 10.6. The Morgan fingerprint density at radius 1 is 1.36 bits per heavy atom. The lowest BCUT2D eigenvalue weighted by Gasteiger charge is -2.30. The van der Waals surface area contributed by atoms with Gasteiger partial charge in [0.1, 0.15) is 17.0 Å². The van der Waals surface area contributed by atoms with Gasteiger partial charge in [-0.1, -0.05) is 35.5 Å². The molecule has 1 aromatic carbocycles. The van der Waals surface area contributed by atoms with Gasteiger partial charge >= 0.3 is 0 Å². The molecule has 1 aliphatic heterocycles. The van der Waals surface area contributed by atoms with Crippen molar-refractivity contribution in [2.45, 2.75) is 38.8 Å². The Morgan fingerprint density at radius 2 is 2.14 bits per heavy atom. The van der Waals surface area contributed by atoms with Gasteiger partial charge in [-0.15, -0.1) is 0 Å². The Kier molecular flexibility index (Phi) is 4.24. The van der Waals surface area contributed by atoms with Crippen LogP contribution in [0.5, 0.6) is 0 Å². The van der Waals surface area contributed by atoms with E-state index in [0.29, 0.717) is 17.0 Å². The van der Waals surface area contributed by atoms with Gasteiger partial charge in [-0.05, 0) is 33.2 Å². The zero-order chi connectivity index (χ0) is 15.5. The van der Waals surface area contributed by atoms with Crippen LogP contribution < -0.4 is 10.6 Å². The van der Waals surface area contributed by atoms with E-state index in [1.807, 2.05) is 30.3 Å². The smallest absolute Gasteiger partial charge is 0.257 e. The number of hydrogen-bond acceptors (Lipinski definition) is 4. The molecular formula is C17H21N3O2. The molecule has 1 aromatic heterocycles. The summed E-state index contributed by atoms with van der Waals surface area (Å²) in [4.78, 5) is 12.7. The Hall–Kier alpha value is -2.14. The maximum atomic E-state index is 12.7. The molecule has 0 saturated carbocycles. The van der Waals surface area contributed by atoms with Crippen LogP contribution in [-0.4, -0.2) is 29.7 Å². The van der Waals surface area contributed by atoms with Gasteiger partial charge in [0.25, 0.3) is 5.91 Å². The van der Waals surface area contributed by atoms with Crippen molar-refractivity contribution in [2.24, 2.45) is 0 Å². The predicted octanol–water partition coefficient (Wildman–Crippen LogP) is 2.52. The standard InChI is InChI=1S/C17H21N3O2/c1-11-14(9-6-10-18-11)19-17(21)15-12(2)22-20-16(15)13-7-4-3-5-8-13/h3-5,7-8,11,14,18H,6,9-10H2,1-2H3,(H,19,21). The summed E-state index contributed by atoms with van der Waals surface area (Å²) in [6.07, 6.45) is 2.06. The zero-order valence-electron chi connectivity index (χ0n) is 12.9. The quantitative estimate of drug-likeness (QED) is 0.914. The topological polar surface area (TPSA) is 67.2 Å². The summed E-state index contributed by atoms with van der Waals surface area (Å²) < 4.78 is 5.26. The molecule has 1 saturated heterocycles. The fraction of sp³-hybridized carbons (Fsp3) is 0.412. The molecule has 0 bridgehead atoms. The summed E-state index contributed by atoms with van der Waals surface area (Å²) in [5.41, 5.74) is 2.02. The second-order valence-electron chi connectivity index (χ2n) is 5.79. The van der Waals surface area contributed by atoms with E-state index in [9.17, 15) is 4.79 Å². The molecule has 0 radical (unpaired) electrons. The van der Waals surface area contributed by atoms with Crippen molar-refractivity contribution in [3.63, 3.8) is 0 Å². The van der Waals surface area contributed by atoms with Crippen molar-refractivity contribution in [1.82, 2.24) is 15.8 Å². The molecule has 116 valence electrons. The highest BCUT2D eigenvalue weighted by atomic mass is 16.5. The highest BCUT2D eigenvalue weighted by Crippen LogP contribution is 2.25. The minimum absolute atomic E-state index is 0.113. The van der Waals surface area contributed by atoms with Gasteiger partial charge in [0.15, 0.2) is 0 Å². The molecule has 2 atom stereocenters. The Bertz CT molecular complexity index is 651. The van der Waals surface area contributed by atoms with E-state index < -0.39 is 0 Å². The number of benzene rings is 1. The summed E-state index contributed by atoms with van der Waals surface area (Å²) in [5.74, 6) is 0.436. The molecule has 5 heteroatoms. The summed E-state index contributed by atoms with van der Waals surface area (Å²) in [7, 11) is 0. The molecule has 2 unspecified atom stereocenters. The van der Waals surface area contributed by atoms with Crippen molar-refractivity contribution in [2.75, 3.05) is 6.54 Å². The van der Waals surface area contributed by atoms with Crippen LogP contribution in [-0.2, 0) is 0 Å². The molecule has 1 aliphatic rings. The number of aryl methyl sites for hydroxylation is 1. The molecule has 3 rings (SSSR count). The van der Waals surface area contributed by atoms with Gasteiger partial charge in [-0.2, -0.15) is 0 Å². The lowest BCUT2D eigenvalue weighted by Crippen LogP contribution is -2.52.